The van der Waals surface area contributed by atoms with Crippen molar-refractivity contribution >= 4 is 29.1 Å². The van der Waals surface area contributed by atoms with Crippen LogP contribution < -0.4 is 11.1 Å². The predicted octanol–water partition coefficient (Wildman–Crippen LogP) is 2.01. The molecule has 6 heteroatoms. The number of carbonyl (C=O) groups is 2. The molecule has 1 saturated heterocycles. The number of nitrogens with one attached hydrogen (secondary N) is 1. The normalized spacial score (nSPS) is 15.8. The smallest absolute Gasteiger partial charge is 0.224 e. The van der Waals surface area contributed by atoms with Gasteiger partial charge in [-0.1, -0.05) is 17.7 Å². The lowest BCUT2D eigenvalue weighted by molar-refractivity contribution is -0.133. The van der Waals surface area contributed by atoms with Crippen LogP contribution in [0.3, 0.4) is 0 Å². The van der Waals surface area contributed by atoms with Crippen molar-refractivity contribution in [2.24, 2.45) is 5.73 Å². The van der Waals surface area contributed by atoms with Crippen molar-refractivity contribution in [1.82, 2.24) is 4.90 Å². The van der Waals surface area contributed by atoms with Gasteiger partial charge in [0.1, 0.15) is 0 Å². The molecule has 0 saturated carbocycles. The van der Waals surface area contributed by atoms with Crippen LogP contribution in [0, 0.1) is 0 Å². The van der Waals surface area contributed by atoms with Crippen LogP contribution in [0.1, 0.15) is 25.7 Å². The Bertz CT molecular complexity index is 513. The number of amides is 2. The molecule has 0 spiro atoms. The van der Waals surface area contributed by atoms with E-state index in [0.29, 0.717) is 23.8 Å². The van der Waals surface area contributed by atoms with Crippen molar-refractivity contribution < 1.29 is 9.59 Å². The summed E-state index contributed by atoms with van der Waals surface area (Å²) >= 11 is 5.85. The van der Waals surface area contributed by atoms with E-state index in [1.165, 1.54) is 0 Å². The van der Waals surface area contributed by atoms with Gasteiger partial charge in [0.25, 0.3) is 0 Å². The lowest BCUT2D eigenvalue weighted by atomic mass is 10.1. The Hall–Kier alpha value is -1.59. The lowest BCUT2D eigenvalue weighted by Crippen LogP contribution is -2.43. The summed E-state index contributed by atoms with van der Waals surface area (Å²) in [6.07, 6.45) is 2.07. The standard InChI is InChI=1S/C15H20ClN3O2/c16-11-2-1-3-13(10-11)18-14(20)4-5-15(21)19-8-6-12(17)7-9-19/h1-3,10,12H,4-9,17H2,(H,18,20). The minimum atomic E-state index is -0.181. The van der Waals surface area contributed by atoms with Crippen LogP contribution >= 0.6 is 11.6 Å². The topological polar surface area (TPSA) is 75.4 Å². The molecule has 2 amide bonds. The Balaban J connectivity index is 1.75. The van der Waals surface area contributed by atoms with Crippen molar-refractivity contribution in [3.8, 4) is 0 Å². The summed E-state index contributed by atoms with van der Waals surface area (Å²) in [7, 11) is 0. The molecule has 3 N–H and O–H groups in total. The number of likely N-dealkylation sites (tertiary alicyclic amines) is 1. The molecule has 0 radical (unpaired) electrons. The van der Waals surface area contributed by atoms with Gasteiger partial charge in [0, 0.05) is 42.7 Å². The van der Waals surface area contributed by atoms with Gasteiger partial charge in [-0.05, 0) is 31.0 Å². The minimum absolute atomic E-state index is 0.0168. The van der Waals surface area contributed by atoms with E-state index in [-0.39, 0.29) is 30.7 Å². The monoisotopic (exact) mass is 309 g/mol. The van der Waals surface area contributed by atoms with Crippen molar-refractivity contribution in [2.45, 2.75) is 31.7 Å². The molecule has 1 aromatic rings. The van der Waals surface area contributed by atoms with Crippen molar-refractivity contribution in [3.63, 3.8) is 0 Å². The van der Waals surface area contributed by atoms with Crippen LogP contribution in [0.25, 0.3) is 0 Å². The molecular weight excluding hydrogens is 290 g/mol. The first-order valence-corrected chi connectivity index (χ1v) is 7.51. The largest absolute Gasteiger partial charge is 0.343 e. The number of hydrogen-bond acceptors (Lipinski definition) is 3. The van der Waals surface area contributed by atoms with E-state index >= 15 is 0 Å². The highest BCUT2D eigenvalue weighted by Crippen LogP contribution is 2.15. The van der Waals surface area contributed by atoms with E-state index in [4.69, 9.17) is 17.3 Å². The van der Waals surface area contributed by atoms with Gasteiger partial charge in [0.15, 0.2) is 0 Å². The minimum Gasteiger partial charge on any atom is -0.343 e. The molecule has 0 aromatic heterocycles. The van der Waals surface area contributed by atoms with E-state index in [9.17, 15) is 9.59 Å². The van der Waals surface area contributed by atoms with Gasteiger partial charge in [-0.15, -0.1) is 0 Å². The molecule has 1 aliphatic rings. The molecule has 0 atom stereocenters. The van der Waals surface area contributed by atoms with Gasteiger partial charge in [0.05, 0.1) is 0 Å². The number of rotatable bonds is 4. The highest BCUT2D eigenvalue weighted by atomic mass is 35.5. The molecule has 1 aliphatic heterocycles. The summed E-state index contributed by atoms with van der Waals surface area (Å²) < 4.78 is 0. The summed E-state index contributed by atoms with van der Waals surface area (Å²) in [6.45, 7) is 1.38. The number of carbonyl (C=O) groups excluding carboxylic acids is 2. The van der Waals surface area contributed by atoms with Crippen LogP contribution in [-0.4, -0.2) is 35.8 Å². The van der Waals surface area contributed by atoms with E-state index < -0.39 is 0 Å². The zero-order valence-corrected chi connectivity index (χ0v) is 12.6. The maximum Gasteiger partial charge on any atom is 0.224 e. The third kappa shape index (κ3) is 5.02. The molecule has 0 unspecified atom stereocenters. The van der Waals surface area contributed by atoms with Crippen molar-refractivity contribution in [1.29, 1.82) is 0 Å². The predicted molar refractivity (Wildman–Crippen MR) is 83.1 cm³/mol. The fourth-order valence-corrected chi connectivity index (χ4v) is 2.51. The first-order chi connectivity index (χ1) is 10.0. The summed E-state index contributed by atoms with van der Waals surface area (Å²) in [4.78, 5) is 25.6. The third-order valence-electron chi connectivity index (χ3n) is 3.57. The van der Waals surface area contributed by atoms with Gasteiger partial charge < -0.3 is 16.0 Å². The van der Waals surface area contributed by atoms with E-state index in [2.05, 4.69) is 5.32 Å². The second-order valence-corrected chi connectivity index (χ2v) is 5.71. The molecule has 0 bridgehead atoms. The van der Waals surface area contributed by atoms with Gasteiger partial charge in [0.2, 0.25) is 11.8 Å². The van der Waals surface area contributed by atoms with Gasteiger partial charge in [-0.3, -0.25) is 9.59 Å². The van der Waals surface area contributed by atoms with Crippen LogP contribution in [0.2, 0.25) is 5.02 Å². The highest BCUT2D eigenvalue weighted by Gasteiger charge is 2.20. The number of benzene rings is 1. The number of anilines is 1. The van der Waals surface area contributed by atoms with E-state index in [1.54, 1.807) is 29.2 Å². The molecule has 114 valence electrons. The maximum absolute atomic E-state index is 12.0. The summed E-state index contributed by atoms with van der Waals surface area (Å²) in [5, 5.41) is 3.30. The second-order valence-electron chi connectivity index (χ2n) is 5.28. The zero-order chi connectivity index (χ0) is 15.2. The number of hydrogen-bond donors (Lipinski definition) is 2. The van der Waals surface area contributed by atoms with Crippen molar-refractivity contribution in [2.75, 3.05) is 18.4 Å². The van der Waals surface area contributed by atoms with Crippen LogP contribution in [-0.2, 0) is 9.59 Å². The Kier molecular flexibility index (Phi) is 5.59. The quantitative estimate of drug-likeness (QED) is 0.893. The third-order valence-corrected chi connectivity index (χ3v) is 3.80. The fraction of sp³-hybridized carbons (Fsp3) is 0.467. The number of piperidine rings is 1. The first-order valence-electron chi connectivity index (χ1n) is 7.13. The highest BCUT2D eigenvalue weighted by molar-refractivity contribution is 6.30. The summed E-state index contributed by atoms with van der Waals surface area (Å²) in [5.74, 6) is -0.164. The van der Waals surface area contributed by atoms with Crippen LogP contribution in [0.4, 0.5) is 5.69 Å². The molecule has 1 heterocycles. The zero-order valence-electron chi connectivity index (χ0n) is 11.8. The Labute approximate surface area is 129 Å². The molecular formula is C15H20ClN3O2. The fourth-order valence-electron chi connectivity index (χ4n) is 2.32. The maximum atomic E-state index is 12.0. The Morgan fingerprint density at radius 2 is 2.00 bits per heavy atom. The van der Waals surface area contributed by atoms with Gasteiger partial charge in [-0.2, -0.15) is 0 Å². The van der Waals surface area contributed by atoms with Crippen LogP contribution in [0.5, 0.6) is 0 Å². The molecule has 5 nitrogen and oxygen atoms in total. The van der Waals surface area contributed by atoms with E-state index in [0.717, 1.165) is 12.8 Å². The molecule has 21 heavy (non-hydrogen) atoms. The average Bonchev–Trinajstić information content (AvgIpc) is 2.45. The number of nitrogens with zero attached hydrogens (tertiary/aromatic N) is 1. The van der Waals surface area contributed by atoms with E-state index in [1.807, 2.05) is 0 Å². The lowest BCUT2D eigenvalue weighted by Gasteiger charge is -2.30. The Morgan fingerprint density at radius 3 is 2.67 bits per heavy atom. The number of halogens is 1. The summed E-state index contributed by atoms with van der Waals surface area (Å²) in [5.41, 5.74) is 6.45. The SMILES string of the molecule is NC1CCN(C(=O)CCC(=O)Nc2cccc(Cl)c2)CC1. The first kappa shape index (κ1) is 15.8. The molecule has 0 aliphatic carbocycles. The van der Waals surface area contributed by atoms with Gasteiger partial charge >= 0.3 is 0 Å². The summed E-state index contributed by atoms with van der Waals surface area (Å²) in [6, 6.07) is 7.13. The molecule has 1 fully saturated rings. The Morgan fingerprint density at radius 1 is 1.29 bits per heavy atom. The average molecular weight is 310 g/mol. The number of nitrogens with two attached hydrogens (primary N) is 1. The second kappa shape index (κ2) is 7.43. The van der Waals surface area contributed by atoms with Crippen LogP contribution in [0.15, 0.2) is 24.3 Å². The van der Waals surface area contributed by atoms with Crippen molar-refractivity contribution in [3.05, 3.63) is 29.3 Å². The molecule has 2 rings (SSSR count). The van der Waals surface area contributed by atoms with Gasteiger partial charge in [-0.25, -0.2) is 0 Å². The molecule has 1 aromatic carbocycles.